The highest BCUT2D eigenvalue weighted by Crippen LogP contribution is 2.37. The first kappa shape index (κ1) is 14.1. The van der Waals surface area contributed by atoms with Gasteiger partial charge >= 0.3 is 0 Å². The average molecular weight is 259 g/mol. The normalized spacial score (nSPS) is 17.4. The topological polar surface area (TPSA) is 29.1 Å². The van der Waals surface area contributed by atoms with E-state index >= 15 is 0 Å². The van der Waals surface area contributed by atoms with E-state index in [1.807, 2.05) is 0 Å². The molecular weight excluding hydrogens is 234 g/mol. The van der Waals surface area contributed by atoms with Crippen LogP contribution in [0.3, 0.4) is 0 Å². The maximum absolute atomic E-state index is 12.1. The van der Waals surface area contributed by atoms with Crippen LogP contribution in [0.1, 0.15) is 50.7 Å². The standard InChI is InChI=1S/C17H25NO/c1-3-14-6-8-15(9-7-14)10-13-18-16(19)17(2)11-4-5-12-17/h6-9H,3-5,10-13H2,1-2H3,(H,18,19). The Kier molecular flexibility index (Phi) is 4.62. The molecule has 1 fully saturated rings. The highest BCUT2D eigenvalue weighted by Gasteiger charge is 2.35. The quantitative estimate of drug-likeness (QED) is 0.861. The Morgan fingerprint density at radius 1 is 1.16 bits per heavy atom. The van der Waals surface area contributed by atoms with Gasteiger partial charge < -0.3 is 5.32 Å². The van der Waals surface area contributed by atoms with E-state index in [1.165, 1.54) is 24.0 Å². The molecule has 0 radical (unpaired) electrons. The molecule has 1 aliphatic rings. The number of nitrogens with one attached hydrogen (secondary N) is 1. The lowest BCUT2D eigenvalue weighted by molar-refractivity contribution is -0.129. The largest absolute Gasteiger partial charge is 0.355 e. The summed E-state index contributed by atoms with van der Waals surface area (Å²) in [4.78, 5) is 12.1. The van der Waals surface area contributed by atoms with Gasteiger partial charge in [-0.05, 0) is 36.8 Å². The number of amides is 1. The molecule has 0 aliphatic heterocycles. The van der Waals surface area contributed by atoms with Crippen LogP contribution in [0, 0.1) is 5.41 Å². The second-order valence-electron chi connectivity index (χ2n) is 5.94. The molecule has 0 bridgehead atoms. The Labute approximate surface area is 116 Å². The SMILES string of the molecule is CCc1ccc(CCNC(=O)C2(C)CCCC2)cc1. The molecular formula is C17H25NO. The maximum Gasteiger partial charge on any atom is 0.225 e. The van der Waals surface area contributed by atoms with E-state index in [9.17, 15) is 4.79 Å². The second kappa shape index (κ2) is 6.23. The minimum Gasteiger partial charge on any atom is -0.355 e. The van der Waals surface area contributed by atoms with E-state index in [4.69, 9.17) is 0 Å². The third-order valence-corrected chi connectivity index (χ3v) is 4.39. The molecule has 19 heavy (non-hydrogen) atoms. The molecule has 1 aliphatic carbocycles. The molecule has 1 aromatic carbocycles. The Bertz CT molecular complexity index is 415. The Balaban J connectivity index is 1.78. The van der Waals surface area contributed by atoms with E-state index in [1.54, 1.807) is 0 Å². The predicted octanol–water partition coefficient (Wildman–Crippen LogP) is 3.49. The molecule has 1 N–H and O–H groups in total. The molecule has 2 heteroatoms. The molecule has 1 saturated carbocycles. The second-order valence-corrected chi connectivity index (χ2v) is 5.94. The Hall–Kier alpha value is -1.31. The van der Waals surface area contributed by atoms with E-state index in [-0.39, 0.29) is 11.3 Å². The van der Waals surface area contributed by atoms with Gasteiger partial charge in [-0.25, -0.2) is 0 Å². The van der Waals surface area contributed by atoms with E-state index in [0.717, 1.165) is 32.2 Å². The summed E-state index contributed by atoms with van der Waals surface area (Å²) in [5.74, 6) is 0.246. The lowest BCUT2D eigenvalue weighted by atomic mass is 9.88. The Morgan fingerprint density at radius 3 is 2.32 bits per heavy atom. The summed E-state index contributed by atoms with van der Waals surface area (Å²) >= 11 is 0. The summed E-state index contributed by atoms with van der Waals surface area (Å²) in [6.07, 6.45) is 6.49. The van der Waals surface area contributed by atoms with Gasteiger partial charge in [0.2, 0.25) is 5.91 Å². The fraction of sp³-hybridized carbons (Fsp3) is 0.588. The minimum atomic E-state index is -0.105. The number of benzene rings is 1. The lowest BCUT2D eigenvalue weighted by Crippen LogP contribution is -2.38. The number of hydrogen-bond donors (Lipinski definition) is 1. The fourth-order valence-electron chi connectivity index (χ4n) is 2.86. The van der Waals surface area contributed by atoms with Crippen molar-refractivity contribution in [3.63, 3.8) is 0 Å². The van der Waals surface area contributed by atoms with Gasteiger partial charge in [-0.3, -0.25) is 4.79 Å². The highest BCUT2D eigenvalue weighted by molar-refractivity contribution is 5.82. The zero-order valence-electron chi connectivity index (χ0n) is 12.2. The van der Waals surface area contributed by atoms with Gasteiger partial charge in [-0.1, -0.05) is 51.0 Å². The fourth-order valence-corrected chi connectivity index (χ4v) is 2.86. The number of hydrogen-bond acceptors (Lipinski definition) is 1. The molecule has 0 aromatic heterocycles. The molecule has 0 heterocycles. The molecule has 2 rings (SSSR count). The summed E-state index contributed by atoms with van der Waals surface area (Å²) in [7, 11) is 0. The molecule has 104 valence electrons. The van der Waals surface area contributed by atoms with Crippen molar-refractivity contribution >= 4 is 5.91 Å². The maximum atomic E-state index is 12.1. The predicted molar refractivity (Wildman–Crippen MR) is 79.1 cm³/mol. The first-order valence-corrected chi connectivity index (χ1v) is 7.50. The third kappa shape index (κ3) is 3.59. The first-order valence-electron chi connectivity index (χ1n) is 7.50. The van der Waals surface area contributed by atoms with Crippen LogP contribution >= 0.6 is 0 Å². The van der Waals surface area contributed by atoms with Crippen molar-refractivity contribution in [1.82, 2.24) is 5.32 Å². The van der Waals surface area contributed by atoms with Crippen LogP contribution in [0.5, 0.6) is 0 Å². The molecule has 1 amide bonds. The number of aryl methyl sites for hydroxylation is 1. The van der Waals surface area contributed by atoms with Gasteiger partial charge in [-0.15, -0.1) is 0 Å². The van der Waals surface area contributed by atoms with Crippen molar-refractivity contribution in [2.24, 2.45) is 5.41 Å². The van der Waals surface area contributed by atoms with Gasteiger partial charge in [0.25, 0.3) is 0 Å². The van der Waals surface area contributed by atoms with Crippen molar-refractivity contribution in [1.29, 1.82) is 0 Å². The zero-order valence-corrected chi connectivity index (χ0v) is 12.2. The van der Waals surface area contributed by atoms with Gasteiger partial charge in [0, 0.05) is 12.0 Å². The van der Waals surface area contributed by atoms with Crippen molar-refractivity contribution in [3.05, 3.63) is 35.4 Å². The molecule has 0 atom stereocenters. The summed E-state index contributed by atoms with van der Waals surface area (Å²) in [5.41, 5.74) is 2.56. The van der Waals surface area contributed by atoms with Crippen molar-refractivity contribution in [2.45, 2.75) is 52.4 Å². The summed E-state index contributed by atoms with van der Waals surface area (Å²) in [6.45, 7) is 5.02. The summed E-state index contributed by atoms with van der Waals surface area (Å²) in [6, 6.07) is 8.69. The van der Waals surface area contributed by atoms with Crippen LogP contribution in [0.4, 0.5) is 0 Å². The van der Waals surface area contributed by atoms with E-state index < -0.39 is 0 Å². The van der Waals surface area contributed by atoms with Crippen LogP contribution in [0.25, 0.3) is 0 Å². The van der Waals surface area contributed by atoms with Crippen LogP contribution < -0.4 is 5.32 Å². The lowest BCUT2D eigenvalue weighted by Gasteiger charge is -2.22. The molecule has 1 aromatic rings. The van der Waals surface area contributed by atoms with E-state index in [0.29, 0.717) is 0 Å². The Morgan fingerprint density at radius 2 is 1.74 bits per heavy atom. The van der Waals surface area contributed by atoms with Crippen LogP contribution in [-0.2, 0) is 17.6 Å². The third-order valence-electron chi connectivity index (χ3n) is 4.39. The number of rotatable bonds is 5. The smallest absolute Gasteiger partial charge is 0.225 e. The summed E-state index contributed by atoms with van der Waals surface area (Å²) in [5, 5.41) is 3.10. The van der Waals surface area contributed by atoms with Gasteiger partial charge in [0.1, 0.15) is 0 Å². The van der Waals surface area contributed by atoms with E-state index in [2.05, 4.69) is 43.4 Å². The first-order chi connectivity index (χ1) is 9.14. The zero-order chi connectivity index (χ0) is 13.7. The van der Waals surface area contributed by atoms with Crippen LogP contribution in [0.2, 0.25) is 0 Å². The van der Waals surface area contributed by atoms with Crippen LogP contribution in [-0.4, -0.2) is 12.5 Å². The van der Waals surface area contributed by atoms with Crippen molar-refractivity contribution in [2.75, 3.05) is 6.54 Å². The average Bonchev–Trinajstić information content (AvgIpc) is 2.88. The van der Waals surface area contributed by atoms with Gasteiger partial charge in [-0.2, -0.15) is 0 Å². The van der Waals surface area contributed by atoms with Crippen molar-refractivity contribution < 1.29 is 4.79 Å². The van der Waals surface area contributed by atoms with Crippen molar-refractivity contribution in [3.8, 4) is 0 Å². The minimum absolute atomic E-state index is 0.105. The molecule has 2 nitrogen and oxygen atoms in total. The molecule has 0 unspecified atom stereocenters. The van der Waals surface area contributed by atoms with Gasteiger partial charge in [0.05, 0.1) is 0 Å². The number of carbonyl (C=O) groups excluding carboxylic acids is 1. The molecule has 0 saturated heterocycles. The number of carbonyl (C=O) groups is 1. The summed E-state index contributed by atoms with van der Waals surface area (Å²) < 4.78 is 0. The molecule has 0 spiro atoms. The monoisotopic (exact) mass is 259 g/mol. The highest BCUT2D eigenvalue weighted by atomic mass is 16.2. The van der Waals surface area contributed by atoms with Gasteiger partial charge in [0.15, 0.2) is 0 Å². The van der Waals surface area contributed by atoms with Crippen LogP contribution in [0.15, 0.2) is 24.3 Å².